The SMILES string of the molecule is O=C(O)C1COCC1N1CC2(CCCCC2)C1. The Morgan fingerprint density at radius 1 is 1.18 bits per heavy atom. The summed E-state index contributed by atoms with van der Waals surface area (Å²) >= 11 is 0. The molecule has 1 spiro atoms. The average molecular weight is 239 g/mol. The zero-order chi connectivity index (χ0) is 11.9. The number of aliphatic carboxylic acids is 1. The number of nitrogens with zero attached hydrogens (tertiary/aromatic N) is 1. The summed E-state index contributed by atoms with van der Waals surface area (Å²) in [5.41, 5.74) is 0.532. The number of likely N-dealkylation sites (tertiary alicyclic amines) is 1. The highest BCUT2D eigenvalue weighted by molar-refractivity contribution is 5.71. The van der Waals surface area contributed by atoms with Gasteiger partial charge in [-0.15, -0.1) is 0 Å². The molecule has 0 radical (unpaired) electrons. The van der Waals surface area contributed by atoms with Crippen LogP contribution in [0.1, 0.15) is 32.1 Å². The van der Waals surface area contributed by atoms with E-state index in [1.165, 1.54) is 32.1 Å². The molecule has 4 heteroatoms. The van der Waals surface area contributed by atoms with Gasteiger partial charge < -0.3 is 9.84 Å². The summed E-state index contributed by atoms with van der Waals surface area (Å²) in [6.07, 6.45) is 6.78. The van der Waals surface area contributed by atoms with Gasteiger partial charge in [0.2, 0.25) is 0 Å². The van der Waals surface area contributed by atoms with Crippen LogP contribution < -0.4 is 0 Å². The predicted molar refractivity (Wildman–Crippen MR) is 62.8 cm³/mol. The van der Waals surface area contributed by atoms with Crippen LogP contribution in [0.2, 0.25) is 0 Å². The molecule has 3 fully saturated rings. The van der Waals surface area contributed by atoms with Gasteiger partial charge in [0.25, 0.3) is 0 Å². The lowest BCUT2D eigenvalue weighted by Crippen LogP contribution is -2.62. The van der Waals surface area contributed by atoms with E-state index in [0.29, 0.717) is 18.6 Å². The van der Waals surface area contributed by atoms with Crippen molar-refractivity contribution in [2.75, 3.05) is 26.3 Å². The second-order valence-corrected chi connectivity index (χ2v) is 6.02. The van der Waals surface area contributed by atoms with Gasteiger partial charge in [-0.05, 0) is 18.3 Å². The minimum Gasteiger partial charge on any atom is -0.481 e. The maximum Gasteiger partial charge on any atom is 0.310 e. The van der Waals surface area contributed by atoms with Crippen molar-refractivity contribution >= 4 is 5.97 Å². The van der Waals surface area contributed by atoms with E-state index in [4.69, 9.17) is 9.84 Å². The van der Waals surface area contributed by atoms with Crippen molar-refractivity contribution in [1.29, 1.82) is 0 Å². The van der Waals surface area contributed by atoms with Crippen molar-refractivity contribution < 1.29 is 14.6 Å². The fraction of sp³-hybridized carbons (Fsp3) is 0.923. The second kappa shape index (κ2) is 4.25. The number of hydrogen-bond acceptors (Lipinski definition) is 3. The van der Waals surface area contributed by atoms with Crippen molar-refractivity contribution in [2.45, 2.75) is 38.1 Å². The molecule has 1 aliphatic carbocycles. The van der Waals surface area contributed by atoms with Gasteiger partial charge in [-0.25, -0.2) is 0 Å². The number of hydrogen-bond donors (Lipinski definition) is 1. The van der Waals surface area contributed by atoms with Crippen molar-refractivity contribution in [3.8, 4) is 0 Å². The summed E-state index contributed by atoms with van der Waals surface area (Å²) in [5, 5.41) is 9.15. The Hall–Kier alpha value is -0.610. The molecule has 4 nitrogen and oxygen atoms in total. The highest BCUT2D eigenvalue weighted by Crippen LogP contribution is 2.45. The Balaban J connectivity index is 1.59. The van der Waals surface area contributed by atoms with Crippen LogP contribution in [0.5, 0.6) is 0 Å². The van der Waals surface area contributed by atoms with Crippen molar-refractivity contribution in [2.24, 2.45) is 11.3 Å². The highest BCUT2D eigenvalue weighted by Gasteiger charge is 2.49. The molecule has 1 saturated carbocycles. The molecule has 17 heavy (non-hydrogen) atoms. The van der Waals surface area contributed by atoms with Gasteiger partial charge in [0.15, 0.2) is 0 Å². The summed E-state index contributed by atoms with van der Waals surface area (Å²) in [6.45, 7) is 3.20. The molecule has 2 atom stereocenters. The zero-order valence-corrected chi connectivity index (χ0v) is 10.2. The van der Waals surface area contributed by atoms with Crippen molar-refractivity contribution in [1.82, 2.24) is 4.90 Å². The fourth-order valence-electron chi connectivity index (χ4n) is 3.81. The molecule has 0 aromatic heterocycles. The lowest BCUT2D eigenvalue weighted by atomic mass is 9.68. The summed E-state index contributed by atoms with van der Waals surface area (Å²) in [5.74, 6) is -1.01. The van der Waals surface area contributed by atoms with Gasteiger partial charge in [0.05, 0.1) is 19.1 Å². The third-order valence-electron chi connectivity index (χ3n) is 4.83. The van der Waals surface area contributed by atoms with Gasteiger partial charge in [-0.2, -0.15) is 0 Å². The van der Waals surface area contributed by atoms with E-state index in [1.807, 2.05) is 0 Å². The van der Waals surface area contributed by atoms with Crippen LogP contribution in [-0.4, -0.2) is 48.3 Å². The quantitative estimate of drug-likeness (QED) is 0.790. The summed E-state index contributed by atoms with van der Waals surface area (Å²) < 4.78 is 5.34. The smallest absolute Gasteiger partial charge is 0.310 e. The summed E-state index contributed by atoms with van der Waals surface area (Å²) in [6, 6.07) is 0.125. The van der Waals surface area contributed by atoms with Gasteiger partial charge in [0.1, 0.15) is 0 Å². The first-order valence-corrected chi connectivity index (χ1v) is 6.75. The molecule has 3 rings (SSSR count). The largest absolute Gasteiger partial charge is 0.481 e. The molecule has 2 aliphatic heterocycles. The first-order chi connectivity index (χ1) is 8.20. The lowest BCUT2D eigenvalue weighted by Gasteiger charge is -2.55. The first kappa shape index (κ1) is 11.5. The number of carboxylic acids is 1. The van der Waals surface area contributed by atoms with E-state index in [2.05, 4.69) is 4.90 Å². The van der Waals surface area contributed by atoms with E-state index in [9.17, 15) is 4.79 Å². The average Bonchev–Trinajstić information content (AvgIpc) is 2.75. The summed E-state index contributed by atoms with van der Waals surface area (Å²) in [4.78, 5) is 13.5. The zero-order valence-electron chi connectivity index (χ0n) is 10.2. The molecular formula is C13H21NO3. The standard InChI is InChI=1S/C13H21NO3/c15-12(16)10-6-17-7-11(10)14-8-13(9-14)4-2-1-3-5-13/h10-11H,1-9H2,(H,15,16). The number of carboxylic acid groups (broad SMARTS) is 1. The van der Waals surface area contributed by atoms with Crippen LogP contribution in [0.3, 0.4) is 0 Å². The van der Waals surface area contributed by atoms with Gasteiger partial charge in [-0.3, -0.25) is 9.69 Å². The van der Waals surface area contributed by atoms with Gasteiger partial charge >= 0.3 is 5.97 Å². The number of rotatable bonds is 2. The molecule has 0 aromatic rings. The minimum absolute atomic E-state index is 0.125. The maximum absolute atomic E-state index is 11.1. The van der Waals surface area contributed by atoms with Crippen LogP contribution in [0.15, 0.2) is 0 Å². The topological polar surface area (TPSA) is 49.8 Å². The number of carbonyl (C=O) groups is 1. The third kappa shape index (κ3) is 1.97. The third-order valence-corrected chi connectivity index (χ3v) is 4.83. The van der Waals surface area contributed by atoms with Crippen LogP contribution in [0.4, 0.5) is 0 Å². The first-order valence-electron chi connectivity index (χ1n) is 6.75. The Bertz CT molecular complexity index is 304. The van der Waals surface area contributed by atoms with E-state index in [-0.39, 0.29) is 12.0 Å². The molecule has 2 saturated heterocycles. The Labute approximate surface area is 102 Å². The monoisotopic (exact) mass is 239 g/mol. The van der Waals surface area contributed by atoms with Crippen LogP contribution in [0.25, 0.3) is 0 Å². The maximum atomic E-state index is 11.1. The van der Waals surface area contributed by atoms with E-state index in [1.54, 1.807) is 0 Å². The normalized spacial score (nSPS) is 36.9. The second-order valence-electron chi connectivity index (χ2n) is 6.02. The Kier molecular flexibility index (Phi) is 2.87. The van der Waals surface area contributed by atoms with Crippen molar-refractivity contribution in [3.63, 3.8) is 0 Å². The van der Waals surface area contributed by atoms with Crippen LogP contribution in [0, 0.1) is 11.3 Å². The lowest BCUT2D eigenvalue weighted by molar-refractivity contribution is -0.145. The molecule has 3 aliphatic rings. The fourth-order valence-corrected chi connectivity index (χ4v) is 3.81. The van der Waals surface area contributed by atoms with E-state index < -0.39 is 5.97 Å². The Morgan fingerprint density at radius 3 is 2.53 bits per heavy atom. The van der Waals surface area contributed by atoms with E-state index >= 15 is 0 Å². The molecule has 2 unspecified atom stereocenters. The van der Waals surface area contributed by atoms with Crippen LogP contribution in [-0.2, 0) is 9.53 Å². The molecule has 2 heterocycles. The number of ether oxygens (including phenoxy) is 1. The molecule has 0 bridgehead atoms. The predicted octanol–water partition coefficient (Wildman–Crippen LogP) is 1.35. The highest BCUT2D eigenvalue weighted by atomic mass is 16.5. The van der Waals surface area contributed by atoms with Gasteiger partial charge in [-0.1, -0.05) is 19.3 Å². The van der Waals surface area contributed by atoms with Crippen molar-refractivity contribution in [3.05, 3.63) is 0 Å². The summed E-state index contributed by atoms with van der Waals surface area (Å²) in [7, 11) is 0. The molecule has 96 valence electrons. The Morgan fingerprint density at radius 2 is 1.88 bits per heavy atom. The molecule has 0 aromatic carbocycles. The molecule has 1 N–H and O–H groups in total. The molecular weight excluding hydrogens is 218 g/mol. The van der Waals surface area contributed by atoms with Crippen LogP contribution >= 0.6 is 0 Å². The van der Waals surface area contributed by atoms with E-state index in [0.717, 1.165) is 13.1 Å². The minimum atomic E-state index is -0.697. The van der Waals surface area contributed by atoms with Gasteiger partial charge in [0, 0.05) is 19.1 Å². The molecule has 0 amide bonds.